The first-order chi connectivity index (χ1) is 14.9. The molecule has 0 fully saturated rings. The topological polar surface area (TPSA) is 128 Å². The number of rotatable bonds is 5. The van der Waals surface area contributed by atoms with Gasteiger partial charge in [0.1, 0.15) is 11.3 Å². The number of ether oxygens (including phenoxy) is 1. The Bertz CT molecular complexity index is 1330. The molecule has 0 aliphatic carbocycles. The lowest BCUT2D eigenvalue weighted by Crippen LogP contribution is -2.12. The number of hydrogen-bond acceptors (Lipinski definition) is 7. The quantitative estimate of drug-likeness (QED) is 0.297. The zero-order valence-electron chi connectivity index (χ0n) is 16.0. The second-order valence-corrected chi connectivity index (χ2v) is 7.32. The normalized spacial score (nSPS) is 10.8. The van der Waals surface area contributed by atoms with Crippen LogP contribution in [-0.2, 0) is 0 Å². The number of aromatic nitrogens is 1. The zero-order valence-corrected chi connectivity index (χ0v) is 17.5. The Morgan fingerprint density at radius 3 is 2.71 bits per heavy atom. The maximum absolute atomic E-state index is 12.6. The van der Waals surface area contributed by atoms with E-state index in [0.717, 1.165) is 6.07 Å². The summed E-state index contributed by atoms with van der Waals surface area (Å²) in [6.45, 7) is 0. The van der Waals surface area contributed by atoms with Crippen LogP contribution in [0.1, 0.15) is 10.4 Å². The van der Waals surface area contributed by atoms with Crippen molar-refractivity contribution in [3.05, 3.63) is 74.7 Å². The number of nitrogens with one attached hydrogen (secondary N) is 1. The van der Waals surface area contributed by atoms with Gasteiger partial charge in [0.25, 0.3) is 5.91 Å². The van der Waals surface area contributed by atoms with E-state index in [0.29, 0.717) is 32.7 Å². The minimum atomic E-state index is -0.611. The highest BCUT2D eigenvalue weighted by molar-refractivity contribution is 9.10. The van der Waals surface area contributed by atoms with E-state index in [1.54, 1.807) is 30.3 Å². The molecule has 0 saturated carbocycles. The molecular weight excluding hydrogens is 470 g/mol. The number of nitro groups is 1. The first-order valence-electron chi connectivity index (χ1n) is 8.89. The van der Waals surface area contributed by atoms with Crippen molar-refractivity contribution >= 4 is 44.3 Å². The van der Waals surface area contributed by atoms with E-state index in [2.05, 4.69) is 26.2 Å². The molecule has 3 aromatic carbocycles. The van der Waals surface area contributed by atoms with E-state index < -0.39 is 10.8 Å². The summed E-state index contributed by atoms with van der Waals surface area (Å²) >= 11 is 3.25. The Kier molecular flexibility index (Phi) is 5.30. The SMILES string of the molecule is COc1ccc(C(=O)Nc2ccc3oc(-c4ccc(O)c(Br)c4)nc3c2)cc1[N+](=O)[O-]. The average Bonchev–Trinajstić information content (AvgIpc) is 3.18. The number of nitro benzene ring substituents is 1. The monoisotopic (exact) mass is 483 g/mol. The molecule has 10 heteroatoms. The van der Waals surface area contributed by atoms with Gasteiger partial charge in [-0.2, -0.15) is 0 Å². The number of fused-ring (bicyclic) bond motifs is 1. The second-order valence-electron chi connectivity index (χ2n) is 6.47. The Morgan fingerprint density at radius 1 is 1.19 bits per heavy atom. The number of phenols is 1. The highest BCUT2D eigenvalue weighted by Gasteiger charge is 2.19. The van der Waals surface area contributed by atoms with Gasteiger partial charge in [-0.25, -0.2) is 4.98 Å². The van der Waals surface area contributed by atoms with Gasteiger partial charge in [-0.3, -0.25) is 14.9 Å². The fourth-order valence-electron chi connectivity index (χ4n) is 2.95. The maximum atomic E-state index is 12.6. The van der Waals surface area contributed by atoms with Gasteiger partial charge in [0, 0.05) is 22.9 Å². The molecule has 31 heavy (non-hydrogen) atoms. The van der Waals surface area contributed by atoms with Crippen LogP contribution in [-0.4, -0.2) is 28.0 Å². The van der Waals surface area contributed by atoms with Crippen molar-refractivity contribution in [2.24, 2.45) is 0 Å². The van der Waals surface area contributed by atoms with Crippen LogP contribution in [0.2, 0.25) is 0 Å². The van der Waals surface area contributed by atoms with Crippen LogP contribution in [0, 0.1) is 10.1 Å². The Balaban J connectivity index is 1.60. The largest absolute Gasteiger partial charge is 0.507 e. The van der Waals surface area contributed by atoms with Gasteiger partial charge in [0.15, 0.2) is 11.3 Å². The zero-order chi connectivity index (χ0) is 22.1. The van der Waals surface area contributed by atoms with Crippen LogP contribution in [0.15, 0.2) is 63.5 Å². The van der Waals surface area contributed by atoms with Gasteiger partial charge in [0.2, 0.25) is 5.89 Å². The number of amides is 1. The van der Waals surface area contributed by atoms with Gasteiger partial charge in [-0.15, -0.1) is 0 Å². The van der Waals surface area contributed by atoms with Crippen LogP contribution in [0.4, 0.5) is 11.4 Å². The minimum Gasteiger partial charge on any atom is -0.507 e. The van der Waals surface area contributed by atoms with Crippen LogP contribution < -0.4 is 10.1 Å². The number of nitrogens with zero attached hydrogens (tertiary/aromatic N) is 2. The summed E-state index contributed by atoms with van der Waals surface area (Å²) in [5.74, 6) is 0.00355. The second kappa shape index (κ2) is 8.07. The first kappa shape index (κ1) is 20.4. The molecule has 4 rings (SSSR count). The number of anilines is 1. The average molecular weight is 484 g/mol. The van der Waals surface area contributed by atoms with E-state index in [1.165, 1.54) is 25.3 Å². The summed E-state index contributed by atoms with van der Waals surface area (Å²) in [5, 5.41) is 23.5. The third-order valence-corrected chi connectivity index (χ3v) is 5.11. The molecule has 0 aliphatic heterocycles. The predicted molar refractivity (Wildman–Crippen MR) is 116 cm³/mol. The Labute approximate surface area is 183 Å². The third kappa shape index (κ3) is 4.05. The molecule has 0 atom stereocenters. The summed E-state index contributed by atoms with van der Waals surface area (Å²) in [4.78, 5) is 27.6. The molecule has 0 unspecified atom stereocenters. The van der Waals surface area contributed by atoms with Gasteiger partial charge >= 0.3 is 5.69 Å². The van der Waals surface area contributed by atoms with Crippen molar-refractivity contribution in [2.45, 2.75) is 0 Å². The van der Waals surface area contributed by atoms with Crippen molar-refractivity contribution in [3.8, 4) is 23.0 Å². The van der Waals surface area contributed by atoms with Gasteiger partial charge in [-0.1, -0.05) is 0 Å². The van der Waals surface area contributed by atoms with E-state index in [1.807, 2.05) is 0 Å². The van der Waals surface area contributed by atoms with Gasteiger partial charge < -0.3 is 19.6 Å². The molecule has 156 valence electrons. The molecule has 0 spiro atoms. The van der Waals surface area contributed by atoms with Crippen LogP contribution >= 0.6 is 15.9 Å². The van der Waals surface area contributed by atoms with Crippen molar-refractivity contribution in [3.63, 3.8) is 0 Å². The lowest BCUT2D eigenvalue weighted by atomic mass is 10.1. The molecule has 0 aliphatic rings. The third-order valence-electron chi connectivity index (χ3n) is 4.48. The van der Waals surface area contributed by atoms with Crippen molar-refractivity contribution in [1.29, 1.82) is 0 Å². The highest BCUT2D eigenvalue weighted by atomic mass is 79.9. The molecule has 1 heterocycles. The number of methoxy groups -OCH3 is 1. The molecule has 0 saturated heterocycles. The predicted octanol–water partition coefficient (Wildman–Crippen LogP) is 5.13. The lowest BCUT2D eigenvalue weighted by Gasteiger charge is -2.06. The van der Waals surface area contributed by atoms with Gasteiger partial charge in [0.05, 0.1) is 16.5 Å². The molecule has 0 radical (unpaired) electrons. The van der Waals surface area contributed by atoms with E-state index in [9.17, 15) is 20.0 Å². The number of benzene rings is 3. The number of halogens is 1. The van der Waals surface area contributed by atoms with Crippen molar-refractivity contribution in [1.82, 2.24) is 4.98 Å². The first-order valence-corrected chi connectivity index (χ1v) is 9.68. The molecule has 2 N–H and O–H groups in total. The van der Waals surface area contributed by atoms with E-state index >= 15 is 0 Å². The number of carbonyl (C=O) groups is 1. The molecule has 4 aromatic rings. The lowest BCUT2D eigenvalue weighted by molar-refractivity contribution is -0.385. The highest BCUT2D eigenvalue weighted by Crippen LogP contribution is 2.32. The number of aromatic hydroxyl groups is 1. The van der Waals surface area contributed by atoms with E-state index in [4.69, 9.17) is 9.15 Å². The molecular formula is C21H14BrN3O6. The Hall–Kier alpha value is -3.92. The van der Waals surface area contributed by atoms with Crippen LogP contribution in [0.5, 0.6) is 11.5 Å². The Morgan fingerprint density at radius 2 is 2.00 bits per heavy atom. The molecule has 1 aromatic heterocycles. The summed E-state index contributed by atoms with van der Waals surface area (Å²) in [6, 6.07) is 13.8. The molecule has 9 nitrogen and oxygen atoms in total. The summed E-state index contributed by atoms with van der Waals surface area (Å²) in [5.41, 5.74) is 1.95. The maximum Gasteiger partial charge on any atom is 0.311 e. The summed E-state index contributed by atoms with van der Waals surface area (Å²) in [7, 11) is 1.32. The molecule has 1 amide bonds. The molecule has 0 bridgehead atoms. The number of oxazole rings is 1. The van der Waals surface area contributed by atoms with Crippen LogP contribution in [0.25, 0.3) is 22.6 Å². The van der Waals surface area contributed by atoms with Crippen molar-refractivity contribution in [2.75, 3.05) is 12.4 Å². The fourth-order valence-corrected chi connectivity index (χ4v) is 3.32. The van der Waals surface area contributed by atoms with Crippen LogP contribution in [0.3, 0.4) is 0 Å². The number of phenolic OH excluding ortho intramolecular Hbond substituents is 1. The van der Waals surface area contributed by atoms with Crippen molar-refractivity contribution < 1.29 is 24.0 Å². The fraction of sp³-hybridized carbons (Fsp3) is 0.0476. The summed E-state index contributed by atoms with van der Waals surface area (Å²) in [6.07, 6.45) is 0. The minimum absolute atomic E-state index is 0.0685. The van der Waals surface area contributed by atoms with Gasteiger partial charge in [-0.05, 0) is 64.5 Å². The smallest absolute Gasteiger partial charge is 0.311 e. The summed E-state index contributed by atoms with van der Waals surface area (Å²) < 4.78 is 11.2. The number of hydrogen-bond donors (Lipinski definition) is 2. The standard InChI is InChI=1S/C21H14BrN3O6/c1-30-19-6-3-11(9-16(19)25(28)29)20(27)23-13-4-7-18-15(10-13)24-21(31-18)12-2-5-17(26)14(22)8-12/h2-10,26H,1H3,(H,23,27). The van der Waals surface area contributed by atoms with E-state index in [-0.39, 0.29) is 22.7 Å². The number of carbonyl (C=O) groups excluding carboxylic acids is 1.